The number of methoxy groups -OCH3 is 1. The molecule has 6 nitrogen and oxygen atoms in total. The van der Waals surface area contributed by atoms with E-state index >= 15 is 0 Å². The molecule has 142 valence electrons. The summed E-state index contributed by atoms with van der Waals surface area (Å²) in [5.74, 6) is 3.09. The lowest BCUT2D eigenvalue weighted by molar-refractivity contribution is 0.0695. The van der Waals surface area contributed by atoms with Gasteiger partial charge in [-0.2, -0.15) is 0 Å². The van der Waals surface area contributed by atoms with Gasteiger partial charge in [0.25, 0.3) is 0 Å². The summed E-state index contributed by atoms with van der Waals surface area (Å²) < 4.78 is 22.2. The van der Waals surface area contributed by atoms with E-state index in [4.69, 9.17) is 31.2 Å². The Kier molecular flexibility index (Phi) is 4.47. The molecular formula is C20H22N2O4S. The number of hydrogen-bond acceptors (Lipinski definition) is 5. The highest BCUT2D eigenvalue weighted by Gasteiger charge is 2.34. The molecule has 0 saturated heterocycles. The van der Waals surface area contributed by atoms with Crippen LogP contribution in [0.2, 0.25) is 0 Å². The highest BCUT2D eigenvalue weighted by molar-refractivity contribution is 7.80. The molecular weight excluding hydrogens is 364 g/mol. The fraction of sp³-hybridized carbons (Fsp3) is 0.350. The van der Waals surface area contributed by atoms with Gasteiger partial charge in [-0.15, -0.1) is 0 Å². The summed E-state index contributed by atoms with van der Waals surface area (Å²) in [5, 5.41) is 7.16. The third-order valence-electron chi connectivity index (χ3n) is 4.61. The molecule has 0 radical (unpaired) electrons. The van der Waals surface area contributed by atoms with Gasteiger partial charge < -0.3 is 29.6 Å². The second-order valence-electron chi connectivity index (χ2n) is 7.19. The summed E-state index contributed by atoms with van der Waals surface area (Å²) in [7, 11) is 1.66. The fourth-order valence-corrected chi connectivity index (χ4v) is 3.65. The van der Waals surface area contributed by atoms with Crippen molar-refractivity contribution < 1.29 is 18.9 Å². The van der Waals surface area contributed by atoms with Crippen LogP contribution in [0.25, 0.3) is 0 Å². The zero-order chi connectivity index (χ0) is 19.0. The van der Waals surface area contributed by atoms with Crippen molar-refractivity contribution in [2.45, 2.75) is 31.9 Å². The zero-order valence-electron chi connectivity index (χ0n) is 15.5. The smallest absolute Gasteiger partial charge is 0.231 e. The van der Waals surface area contributed by atoms with E-state index in [9.17, 15) is 0 Å². The molecule has 0 bridgehead atoms. The van der Waals surface area contributed by atoms with Gasteiger partial charge in [-0.1, -0.05) is 0 Å². The number of thiocarbonyl (C=S) groups is 1. The van der Waals surface area contributed by atoms with Gasteiger partial charge in [0, 0.05) is 23.7 Å². The molecule has 0 aromatic heterocycles. The molecule has 2 aromatic rings. The summed E-state index contributed by atoms with van der Waals surface area (Å²) in [6.07, 6.45) is 0.774. The first-order valence-electron chi connectivity index (χ1n) is 8.78. The second-order valence-corrected chi connectivity index (χ2v) is 7.60. The fourth-order valence-electron chi connectivity index (χ4n) is 3.39. The van der Waals surface area contributed by atoms with Crippen LogP contribution in [0.1, 0.15) is 31.9 Å². The molecule has 0 saturated carbocycles. The lowest BCUT2D eigenvalue weighted by atomic mass is 9.89. The molecule has 2 aliphatic heterocycles. The molecule has 7 heteroatoms. The van der Waals surface area contributed by atoms with Crippen LogP contribution in [0.3, 0.4) is 0 Å². The lowest BCUT2D eigenvalue weighted by Crippen LogP contribution is -2.42. The minimum absolute atomic E-state index is 0.00728. The third kappa shape index (κ3) is 3.73. The van der Waals surface area contributed by atoms with Crippen LogP contribution >= 0.6 is 12.2 Å². The van der Waals surface area contributed by atoms with E-state index in [1.165, 1.54) is 0 Å². The van der Waals surface area contributed by atoms with Crippen molar-refractivity contribution in [1.82, 2.24) is 5.32 Å². The number of nitrogens with one attached hydrogen (secondary N) is 2. The Bertz CT molecular complexity index is 884. The Morgan fingerprint density at radius 1 is 1.11 bits per heavy atom. The average Bonchev–Trinajstić information content (AvgIpc) is 3.08. The van der Waals surface area contributed by atoms with Crippen molar-refractivity contribution in [3.05, 3.63) is 42.0 Å². The minimum atomic E-state index is -0.298. The van der Waals surface area contributed by atoms with Crippen LogP contribution < -0.4 is 29.6 Å². The highest BCUT2D eigenvalue weighted by atomic mass is 32.1. The van der Waals surface area contributed by atoms with E-state index in [-0.39, 0.29) is 18.4 Å². The van der Waals surface area contributed by atoms with Gasteiger partial charge in [0.05, 0.1) is 13.2 Å². The first kappa shape index (κ1) is 17.7. The average molecular weight is 386 g/mol. The van der Waals surface area contributed by atoms with Crippen LogP contribution in [0.15, 0.2) is 36.4 Å². The van der Waals surface area contributed by atoms with Gasteiger partial charge >= 0.3 is 0 Å². The largest absolute Gasteiger partial charge is 0.497 e. The number of fused-ring (bicyclic) bond motifs is 2. The molecule has 0 amide bonds. The van der Waals surface area contributed by atoms with E-state index in [1.807, 2.05) is 36.4 Å². The first-order valence-corrected chi connectivity index (χ1v) is 9.18. The summed E-state index contributed by atoms with van der Waals surface area (Å²) in [4.78, 5) is 0. The third-order valence-corrected chi connectivity index (χ3v) is 4.83. The number of benzene rings is 2. The van der Waals surface area contributed by atoms with Crippen molar-refractivity contribution in [2.24, 2.45) is 0 Å². The maximum atomic E-state index is 6.11. The van der Waals surface area contributed by atoms with E-state index in [0.29, 0.717) is 10.9 Å². The van der Waals surface area contributed by atoms with Crippen molar-refractivity contribution in [2.75, 3.05) is 19.2 Å². The van der Waals surface area contributed by atoms with Gasteiger partial charge in [0.15, 0.2) is 16.6 Å². The van der Waals surface area contributed by atoms with E-state index in [1.54, 1.807) is 7.11 Å². The van der Waals surface area contributed by atoms with Crippen LogP contribution in [0.5, 0.6) is 23.0 Å². The Morgan fingerprint density at radius 2 is 1.89 bits per heavy atom. The Balaban J connectivity index is 1.52. The molecule has 1 atom stereocenters. The topological polar surface area (TPSA) is 61.0 Å². The SMILES string of the molecule is COc1ccc2c(c1)C(NC(=S)Nc1ccc3c(c1)OCO3)CC(C)(C)O2. The van der Waals surface area contributed by atoms with Crippen molar-refractivity contribution in [1.29, 1.82) is 0 Å². The first-order chi connectivity index (χ1) is 12.9. The van der Waals surface area contributed by atoms with Crippen LogP contribution in [0.4, 0.5) is 5.69 Å². The maximum absolute atomic E-state index is 6.11. The molecule has 0 spiro atoms. The molecule has 2 aliphatic rings. The molecule has 0 fully saturated rings. The molecule has 2 heterocycles. The summed E-state index contributed by atoms with van der Waals surface area (Å²) in [6, 6.07) is 11.5. The molecule has 27 heavy (non-hydrogen) atoms. The summed E-state index contributed by atoms with van der Waals surface area (Å²) in [6.45, 7) is 4.39. The van der Waals surface area contributed by atoms with Crippen molar-refractivity contribution in [3.8, 4) is 23.0 Å². The van der Waals surface area contributed by atoms with Crippen molar-refractivity contribution in [3.63, 3.8) is 0 Å². The van der Waals surface area contributed by atoms with Crippen LogP contribution in [-0.4, -0.2) is 24.6 Å². The van der Waals surface area contributed by atoms with E-state index < -0.39 is 0 Å². The minimum Gasteiger partial charge on any atom is -0.497 e. The van der Waals surface area contributed by atoms with Gasteiger partial charge in [-0.25, -0.2) is 0 Å². The zero-order valence-corrected chi connectivity index (χ0v) is 16.3. The molecule has 2 N–H and O–H groups in total. The van der Waals surface area contributed by atoms with Gasteiger partial charge in [0.2, 0.25) is 6.79 Å². The maximum Gasteiger partial charge on any atom is 0.231 e. The lowest BCUT2D eigenvalue weighted by Gasteiger charge is -2.38. The predicted octanol–water partition coefficient (Wildman–Crippen LogP) is 4.01. The monoisotopic (exact) mass is 386 g/mol. The van der Waals surface area contributed by atoms with E-state index in [0.717, 1.165) is 34.9 Å². The summed E-state index contributed by atoms with van der Waals surface area (Å²) >= 11 is 5.54. The highest BCUT2D eigenvalue weighted by Crippen LogP contribution is 2.41. The van der Waals surface area contributed by atoms with Crippen LogP contribution in [0, 0.1) is 0 Å². The normalized spacial score (nSPS) is 18.9. The molecule has 1 unspecified atom stereocenters. The second kappa shape index (κ2) is 6.81. The Labute approximate surface area is 163 Å². The number of ether oxygens (including phenoxy) is 4. The molecule has 4 rings (SSSR count). The van der Waals surface area contributed by atoms with Crippen LogP contribution in [-0.2, 0) is 0 Å². The number of rotatable bonds is 3. The Hall–Kier alpha value is -2.67. The number of anilines is 1. The van der Waals surface area contributed by atoms with Gasteiger partial charge in [0.1, 0.15) is 17.1 Å². The van der Waals surface area contributed by atoms with E-state index in [2.05, 4.69) is 24.5 Å². The van der Waals surface area contributed by atoms with Crippen molar-refractivity contribution >= 4 is 23.0 Å². The quantitative estimate of drug-likeness (QED) is 0.773. The number of hydrogen-bond donors (Lipinski definition) is 2. The van der Waals surface area contributed by atoms with Gasteiger partial charge in [-0.05, 0) is 56.4 Å². The van der Waals surface area contributed by atoms with Gasteiger partial charge in [-0.3, -0.25) is 0 Å². The predicted molar refractivity (Wildman–Crippen MR) is 107 cm³/mol. The molecule has 0 aliphatic carbocycles. The summed E-state index contributed by atoms with van der Waals surface area (Å²) in [5.41, 5.74) is 1.57. The Morgan fingerprint density at radius 3 is 2.70 bits per heavy atom. The standard InChI is InChI=1S/C20H22N2O4S/c1-20(2)10-15(14-9-13(23-3)5-7-16(14)26-20)22-19(27)21-12-4-6-17-18(8-12)25-11-24-17/h4-9,15H,10-11H2,1-3H3,(H2,21,22,27). The molecule has 2 aromatic carbocycles.